The van der Waals surface area contributed by atoms with E-state index in [1.54, 1.807) is 30.3 Å². The van der Waals surface area contributed by atoms with Crippen molar-refractivity contribution in [2.45, 2.75) is 47.1 Å². The quantitative estimate of drug-likeness (QED) is 0.403. The highest BCUT2D eigenvalue weighted by molar-refractivity contribution is 6.09. The summed E-state index contributed by atoms with van der Waals surface area (Å²) in [6.45, 7) is 9.29. The second-order valence-electron chi connectivity index (χ2n) is 6.82. The van der Waals surface area contributed by atoms with Gasteiger partial charge in [-0.3, -0.25) is 4.79 Å². The molecule has 0 aliphatic heterocycles. The number of hydrogen-bond acceptors (Lipinski definition) is 4. The molecule has 2 rings (SSSR count). The maximum Gasteiger partial charge on any atom is 0.338 e. The molecule has 1 heterocycles. The first-order valence-electron chi connectivity index (χ1n) is 9.78. The zero-order chi connectivity index (χ0) is 21.4. The van der Waals surface area contributed by atoms with Crippen molar-refractivity contribution in [3.63, 3.8) is 0 Å². The number of anilines is 1. The summed E-state index contributed by atoms with van der Waals surface area (Å²) in [6.07, 6.45) is 3.37. The van der Waals surface area contributed by atoms with Crippen LogP contribution in [0, 0.1) is 25.2 Å². The first-order valence-corrected chi connectivity index (χ1v) is 9.78. The van der Waals surface area contributed by atoms with Gasteiger partial charge in [0.05, 0.1) is 12.2 Å². The molecule has 0 saturated carbocycles. The summed E-state index contributed by atoms with van der Waals surface area (Å²) in [6, 6.07) is 10.4. The molecule has 0 aliphatic carbocycles. The minimum Gasteiger partial charge on any atom is -0.462 e. The first-order chi connectivity index (χ1) is 13.9. The van der Waals surface area contributed by atoms with Gasteiger partial charge in [0.15, 0.2) is 0 Å². The van der Waals surface area contributed by atoms with Gasteiger partial charge in [-0.25, -0.2) is 4.79 Å². The number of ether oxygens (including phenoxy) is 1. The Morgan fingerprint density at radius 1 is 1.17 bits per heavy atom. The van der Waals surface area contributed by atoms with Crippen LogP contribution < -0.4 is 5.32 Å². The third kappa shape index (κ3) is 5.58. The monoisotopic (exact) mass is 393 g/mol. The van der Waals surface area contributed by atoms with E-state index in [0.717, 1.165) is 36.3 Å². The Hall–Kier alpha value is -3.33. The Balaban J connectivity index is 2.14. The zero-order valence-corrected chi connectivity index (χ0v) is 17.4. The molecule has 0 aliphatic rings. The second-order valence-corrected chi connectivity index (χ2v) is 6.82. The second kappa shape index (κ2) is 10.3. The Morgan fingerprint density at radius 2 is 1.86 bits per heavy atom. The van der Waals surface area contributed by atoms with Gasteiger partial charge in [-0.15, -0.1) is 0 Å². The molecule has 0 saturated heterocycles. The van der Waals surface area contributed by atoms with Crippen LogP contribution in [-0.2, 0) is 16.1 Å². The molecule has 6 heteroatoms. The van der Waals surface area contributed by atoms with Gasteiger partial charge in [-0.05, 0) is 68.7 Å². The van der Waals surface area contributed by atoms with Crippen molar-refractivity contribution in [1.82, 2.24) is 4.57 Å². The molecule has 1 aromatic heterocycles. The third-order valence-corrected chi connectivity index (χ3v) is 4.54. The number of hydrogen-bond donors (Lipinski definition) is 1. The number of nitrogens with zero attached hydrogens (tertiary/aromatic N) is 2. The average molecular weight is 393 g/mol. The largest absolute Gasteiger partial charge is 0.462 e. The van der Waals surface area contributed by atoms with Crippen LogP contribution in [0.25, 0.3) is 6.08 Å². The molecule has 0 fully saturated rings. The summed E-state index contributed by atoms with van der Waals surface area (Å²) in [5, 5.41) is 12.2. The number of aryl methyl sites for hydroxylation is 1. The number of amides is 1. The van der Waals surface area contributed by atoms with E-state index < -0.39 is 11.9 Å². The lowest BCUT2D eigenvalue weighted by Crippen LogP contribution is -2.14. The molecule has 152 valence electrons. The normalized spacial score (nSPS) is 11.1. The number of carbonyl (C=O) groups excluding carboxylic acids is 2. The Morgan fingerprint density at radius 3 is 2.45 bits per heavy atom. The Bertz CT molecular complexity index is 947. The predicted molar refractivity (Wildman–Crippen MR) is 113 cm³/mol. The average Bonchev–Trinajstić information content (AvgIpc) is 2.98. The fourth-order valence-corrected chi connectivity index (χ4v) is 3.01. The molecule has 29 heavy (non-hydrogen) atoms. The molecule has 0 bridgehead atoms. The Labute approximate surface area is 171 Å². The number of aromatic nitrogens is 1. The number of rotatable bonds is 8. The van der Waals surface area contributed by atoms with Gasteiger partial charge < -0.3 is 14.6 Å². The highest BCUT2D eigenvalue weighted by Gasteiger charge is 2.13. The summed E-state index contributed by atoms with van der Waals surface area (Å²) in [5.41, 5.74) is 3.92. The standard InChI is InChI=1S/C23H27N3O3/c1-5-11-26-16(3)13-19(17(26)4)14-20(15-24)22(27)25-21-9-7-18(8-10-21)23(28)29-12-6-2/h7-10,13-14H,5-6,11-12H2,1-4H3,(H,25,27)/b20-14+. The number of nitriles is 1. The number of nitrogens with one attached hydrogen (secondary N) is 1. The highest BCUT2D eigenvalue weighted by atomic mass is 16.5. The lowest BCUT2D eigenvalue weighted by molar-refractivity contribution is -0.112. The van der Waals surface area contributed by atoms with E-state index in [2.05, 4.69) is 16.8 Å². The third-order valence-electron chi connectivity index (χ3n) is 4.54. The van der Waals surface area contributed by atoms with Crippen LogP contribution in [0.15, 0.2) is 35.9 Å². The molecular weight excluding hydrogens is 366 g/mol. The smallest absolute Gasteiger partial charge is 0.338 e. The molecular formula is C23H27N3O3. The summed E-state index contributed by atoms with van der Waals surface area (Å²) in [5.74, 6) is -0.890. The lowest BCUT2D eigenvalue weighted by Gasteiger charge is -2.08. The van der Waals surface area contributed by atoms with E-state index in [4.69, 9.17) is 4.74 Å². The molecule has 1 amide bonds. The van der Waals surface area contributed by atoms with Crippen LogP contribution in [-0.4, -0.2) is 23.1 Å². The minimum absolute atomic E-state index is 0.0215. The van der Waals surface area contributed by atoms with Crippen LogP contribution in [0.5, 0.6) is 0 Å². The van der Waals surface area contributed by atoms with Crippen LogP contribution >= 0.6 is 0 Å². The highest BCUT2D eigenvalue weighted by Crippen LogP contribution is 2.19. The van der Waals surface area contributed by atoms with Gasteiger partial charge in [0.2, 0.25) is 0 Å². The number of carbonyl (C=O) groups is 2. The molecule has 0 radical (unpaired) electrons. The summed E-state index contributed by atoms with van der Waals surface area (Å²) in [7, 11) is 0. The molecule has 6 nitrogen and oxygen atoms in total. The molecule has 0 spiro atoms. The summed E-state index contributed by atoms with van der Waals surface area (Å²) >= 11 is 0. The topological polar surface area (TPSA) is 84.1 Å². The van der Waals surface area contributed by atoms with Gasteiger partial charge in [-0.1, -0.05) is 13.8 Å². The lowest BCUT2D eigenvalue weighted by atomic mass is 10.1. The van der Waals surface area contributed by atoms with Crippen molar-refractivity contribution >= 4 is 23.6 Å². The van der Waals surface area contributed by atoms with Crippen LogP contribution in [0.1, 0.15) is 54.0 Å². The fourth-order valence-electron chi connectivity index (χ4n) is 3.01. The summed E-state index contributed by atoms with van der Waals surface area (Å²) in [4.78, 5) is 24.4. The molecule has 0 atom stereocenters. The van der Waals surface area contributed by atoms with Gasteiger partial charge in [0.1, 0.15) is 11.6 Å². The van der Waals surface area contributed by atoms with Gasteiger partial charge in [-0.2, -0.15) is 5.26 Å². The van der Waals surface area contributed by atoms with Crippen molar-refractivity contribution in [3.05, 3.63) is 58.4 Å². The number of benzene rings is 1. The fraction of sp³-hybridized carbons (Fsp3) is 0.348. The molecule has 1 aromatic carbocycles. The van der Waals surface area contributed by atoms with E-state index in [9.17, 15) is 14.9 Å². The van der Waals surface area contributed by atoms with Crippen molar-refractivity contribution in [3.8, 4) is 6.07 Å². The van der Waals surface area contributed by atoms with E-state index in [1.807, 2.05) is 32.9 Å². The SMILES string of the molecule is CCCOC(=O)c1ccc(NC(=O)/C(C#N)=C/c2cc(C)n(CCC)c2C)cc1. The summed E-state index contributed by atoms with van der Waals surface area (Å²) < 4.78 is 7.26. The van der Waals surface area contributed by atoms with E-state index in [0.29, 0.717) is 17.9 Å². The van der Waals surface area contributed by atoms with Gasteiger partial charge in [0, 0.05) is 23.6 Å². The molecule has 0 unspecified atom stereocenters. The zero-order valence-electron chi connectivity index (χ0n) is 17.4. The van der Waals surface area contributed by atoms with Crippen LogP contribution in [0.4, 0.5) is 5.69 Å². The van der Waals surface area contributed by atoms with Gasteiger partial charge >= 0.3 is 5.97 Å². The van der Waals surface area contributed by atoms with E-state index in [1.165, 1.54) is 0 Å². The maximum absolute atomic E-state index is 12.5. The van der Waals surface area contributed by atoms with Crippen molar-refractivity contribution in [2.24, 2.45) is 0 Å². The van der Waals surface area contributed by atoms with E-state index >= 15 is 0 Å². The number of esters is 1. The predicted octanol–water partition coefficient (Wildman–Crippen LogP) is 4.63. The van der Waals surface area contributed by atoms with Crippen molar-refractivity contribution in [2.75, 3.05) is 11.9 Å². The van der Waals surface area contributed by atoms with E-state index in [-0.39, 0.29) is 5.57 Å². The minimum atomic E-state index is -0.492. The molecule has 2 aromatic rings. The van der Waals surface area contributed by atoms with Crippen LogP contribution in [0.2, 0.25) is 0 Å². The van der Waals surface area contributed by atoms with Crippen molar-refractivity contribution in [1.29, 1.82) is 5.26 Å². The maximum atomic E-state index is 12.5. The van der Waals surface area contributed by atoms with Gasteiger partial charge in [0.25, 0.3) is 5.91 Å². The van der Waals surface area contributed by atoms with Crippen molar-refractivity contribution < 1.29 is 14.3 Å². The Kier molecular flexibility index (Phi) is 7.79. The molecule has 1 N–H and O–H groups in total. The first kappa shape index (κ1) is 22.0. The van der Waals surface area contributed by atoms with Crippen LogP contribution in [0.3, 0.4) is 0 Å².